The van der Waals surface area contributed by atoms with Crippen molar-refractivity contribution in [1.82, 2.24) is 19.4 Å². The Labute approximate surface area is 197 Å². The lowest BCUT2D eigenvalue weighted by molar-refractivity contribution is -0.137. The van der Waals surface area contributed by atoms with Gasteiger partial charge in [0.05, 0.1) is 22.2 Å². The van der Waals surface area contributed by atoms with Crippen LogP contribution in [0, 0.1) is 0 Å². The summed E-state index contributed by atoms with van der Waals surface area (Å²) in [4.78, 5) is 43.9. The topological polar surface area (TPSA) is 86.0 Å². The van der Waals surface area contributed by atoms with Crippen molar-refractivity contribution in [1.29, 1.82) is 0 Å². The average Bonchev–Trinajstić information content (AvgIpc) is 2.85. The number of hydrogen-bond acceptors (Lipinski definition) is 4. The summed E-state index contributed by atoms with van der Waals surface area (Å²) < 4.78 is 41.7. The Morgan fingerprint density at radius 3 is 2.51 bits per heavy atom. The number of aromatic nitrogens is 3. The Hall–Kier alpha value is -4.21. The Balaban J connectivity index is 1.87. The van der Waals surface area contributed by atoms with Gasteiger partial charge in [0.15, 0.2) is 0 Å². The highest BCUT2D eigenvalue weighted by Crippen LogP contribution is 2.30. The van der Waals surface area contributed by atoms with E-state index < -0.39 is 34.9 Å². The first-order chi connectivity index (χ1) is 16.7. The van der Waals surface area contributed by atoms with Gasteiger partial charge in [0, 0.05) is 18.9 Å². The fourth-order valence-electron chi connectivity index (χ4n) is 3.93. The summed E-state index contributed by atoms with van der Waals surface area (Å²) in [6.07, 6.45) is -1.27. The number of pyridine rings is 1. The van der Waals surface area contributed by atoms with Crippen molar-refractivity contribution >= 4 is 16.8 Å². The lowest BCUT2D eigenvalue weighted by atomic mass is 10.1. The molecule has 0 radical (unpaired) electrons. The zero-order valence-electron chi connectivity index (χ0n) is 18.6. The number of rotatable bonds is 6. The van der Waals surface area contributed by atoms with E-state index in [2.05, 4.69) is 10.3 Å². The van der Waals surface area contributed by atoms with Crippen molar-refractivity contribution in [2.24, 2.45) is 0 Å². The average molecular weight is 482 g/mol. The highest BCUT2D eigenvalue weighted by atomic mass is 19.4. The maximum absolute atomic E-state index is 13.6. The maximum atomic E-state index is 13.6. The molecule has 0 aliphatic carbocycles. The van der Waals surface area contributed by atoms with Crippen LogP contribution in [0.5, 0.6) is 0 Å². The zero-order chi connectivity index (χ0) is 25.2. The van der Waals surface area contributed by atoms with Crippen LogP contribution in [0.3, 0.4) is 0 Å². The molecular formula is C25H21F3N4O3. The molecule has 1 unspecified atom stereocenters. The van der Waals surface area contributed by atoms with Crippen molar-refractivity contribution in [2.75, 3.05) is 0 Å². The highest BCUT2D eigenvalue weighted by Gasteiger charge is 2.31. The van der Waals surface area contributed by atoms with Gasteiger partial charge in [0.2, 0.25) is 5.91 Å². The van der Waals surface area contributed by atoms with E-state index in [0.717, 1.165) is 28.3 Å². The van der Waals surface area contributed by atoms with Crippen LogP contribution in [0.4, 0.5) is 13.2 Å². The molecule has 2 aromatic heterocycles. The molecule has 0 saturated heterocycles. The molecule has 2 aromatic carbocycles. The van der Waals surface area contributed by atoms with Gasteiger partial charge in [-0.2, -0.15) is 13.2 Å². The Kier molecular flexibility index (Phi) is 6.54. The van der Waals surface area contributed by atoms with E-state index in [1.54, 1.807) is 43.6 Å². The summed E-state index contributed by atoms with van der Waals surface area (Å²) in [5.41, 5.74) is -1.94. The molecule has 0 fully saturated rings. The van der Waals surface area contributed by atoms with Gasteiger partial charge in [-0.15, -0.1) is 0 Å². The van der Waals surface area contributed by atoms with Crippen molar-refractivity contribution in [3.63, 3.8) is 0 Å². The number of nitrogens with zero attached hydrogens (tertiary/aromatic N) is 3. The summed E-state index contributed by atoms with van der Waals surface area (Å²) in [6, 6.07) is 12.7. The monoisotopic (exact) mass is 482 g/mol. The molecule has 7 nitrogen and oxygen atoms in total. The predicted octanol–water partition coefficient (Wildman–Crippen LogP) is 3.83. The maximum Gasteiger partial charge on any atom is 0.416 e. The third kappa shape index (κ3) is 4.72. The molecule has 1 atom stereocenters. The number of benzene rings is 2. The molecule has 2 heterocycles. The van der Waals surface area contributed by atoms with Crippen molar-refractivity contribution in [3.05, 3.63) is 105 Å². The minimum absolute atomic E-state index is 0.100. The van der Waals surface area contributed by atoms with Gasteiger partial charge >= 0.3 is 11.9 Å². The quantitative estimate of drug-likeness (QED) is 0.453. The second-order valence-corrected chi connectivity index (χ2v) is 7.86. The summed E-state index contributed by atoms with van der Waals surface area (Å²) in [5.74, 6) is -0.474. The normalized spacial score (nSPS) is 12.5. The SMILES string of the molecule is CCC(C(=O)NCc1cccnc1)n1c(=O)n(-c2cccc(C(F)(F)F)c2)c(=O)c2ccccc21. The molecule has 0 spiro atoms. The molecule has 0 aliphatic heterocycles. The van der Waals surface area contributed by atoms with Gasteiger partial charge in [0.1, 0.15) is 6.04 Å². The van der Waals surface area contributed by atoms with Crippen LogP contribution in [0.1, 0.15) is 30.5 Å². The third-order valence-corrected chi connectivity index (χ3v) is 5.62. The number of fused-ring (bicyclic) bond motifs is 1. The standard InChI is InChI=1S/C25H21F3N4O3/c1-2-20(22(33)30-15-16-7-6-12-29-14-16)32-21-11-4-3-10-19(21)23(34)31(24(32)35)18-9-5-8-17(13-18)25(26,27)28/h3-14,20H,2,15H2,1H3,(H,30,33). The van der Waals surface area contributed by atoms with E-state index in [4.69, 9.17) is 0 Å². The Morgan fingerprint density at radius 2 is 1.83 bits per heavy atom. The van der Waals surface area contributed by atoms with E-state index in [9.17, 15) is 27.6 Å². The van der Waals surface area contributed by atoms with Crippen LogP contribution in [0.2, 0.25) is 0 Å². The first-order valence-corrected chi connectivity index (χ1v) is 10.8. The van der Waals surface area contributed by atoms with Gasteiger partial charge < -0.3 is 5.32 Å². The number of amides is 1. The first-order valence-electron chi connectivity index (χ1n) is 10.8. The van der Waals surface area contributed by atoms with E-state index in [-0.39, 0.29) is 29.6 Å². The van der Waals surface area contributed by atoms with Gasteiger partial charge in [-0.05, 0) is 48.4 Å². The number of nitrogens with one attached hydrogen (secondary N) is 1. The van der Waals surface area contributed by atoms with Crippen LogP contribution < -0.4 is 16.6 Å². The molecule has 1 N–H and O–H groups in total. The Morgan fingerprint density at radius 1 is 1.06 bits per heavy atom. The molecule has 1 amide bonds. The molecule has 4 aromatic rings. The highest BCUT2D eigenvalue weighted by molar-refractivity contribution is 5.84. The number of carbonyl (C=O) groups is 1. The lowest BCUT2D eigenvalue weighted by Gasteiger charge is -2.22. The first kappa shape index (κ1) is 23.9. The molecule has 10 heteroatoms. The predicted molar refractivity (Wildman–Crippen MR) is 124 cm³/mol. The molecular weight excluding hydrogens is 461 g/mol. The number of hydrogen-bond donors (Lipinski definition) is 1. The fraction of sp³-hybridized carbons (Fsp3) is 0.200. The summed E-state index contributed by atoms with van der Waals surface area (Å²) in [5, 5.41) is 2.87. The molecule has 0 aliphatic rings. The molecule has 4 rings (SSSR count). The second-order valence-electron chi connectivity index (χ2n) is 7.86. The molecule has 180 valence electrons. The largest absolute Gasteiger partial charge is 0.416 e. The second kappa shape index (κ2) is 9.57. The van der Waals surface area contributed by atoms with E-state index in [1.165, 1.54) is 18.2 Å². The molecule has 0 bridgehead atoms. The van der Waals surface area contributed by atoms with Crippen molar-refractivity contribution in [3.8, 4) is 5.69 Å². The van der Waals surface area contributed by atoms with E-state index >= 15 is 0 Å². The fourth-order valence-corrected chi connectivity index (χ4v) is 3.93. The van der Waals surface area contributed by atoms with Crippen LogP contribution in [0.15, 0.2) is 82.6 Å². The summed E-state index contributed by atoms with van der Waals surface area (Å²) in [7, 11) is 0. The van der Waals surface area contributed by atoms with Crippen molar-refractivity contribution < 1.29 is 18.0 Å². The Bertz CT molecular complexity index is 1490. The summed E-state index contributed by atoms with van der Waals surface area (Å²) in [6.45, 7) is 1.87. The van der Waals surface area contributed by atoms with Crippen LogP contribution in [-0.2, 0) is 17.5 Å². The van der Waals surface area contributed by atoms with Gasteiger partial charge in [0.25, 0.3) is 5.56 Å². The van der Waals surface area contributed by atoms with E-state index in [1.807, 2.05) is 0 Å². The van der Waals surface area contributed by atoms with Crippen LogP contribution in [-0.4, -0.2) is 20.0 Å². The smallest absolute Gasteiger partial charge is 0.350 e. The van der Waals surface area contributed by atoms with Crippen LogP contribution in [0.25, 0.3) is 16.6 Å². The third-order valence-electron chi connectivity index (χ3n) is 5.62. The summed E-state index contributed by atoms with van der Waals surface area (Å²) >= 11 is 0. The van der Waals surface area contributed by atoms with Crippen LogP contribution >= 0.6 is 0 Å². The molecule has 0 saturated carbocycles. The minimum atomic E-state index is -4.66. The molecule has 35 heavy (non-hydrogen) atoms. The van der Waals surface area contributed by atoms with Crippen molar-refractivity contribution in [2.45, 2.75) is 32.1 Å². The number of alkyl halides is 3. The van der Waals surface area contributed by atoms with Gasteiger partial charge in [-0.3, -0.25) is 19.1 Å². The lowest BCUT2D eigenvalue weighted by Crippen LogP contribution is -2.44. The van der Waals surface area contributed by atoms with Gasteiger partial charge in [-0.1, -0.05) is 31.2 Å². The number of carbonyl (C=O) groups excluding carboxylic acids is 1. The van der Waals surface area contributed by atoms with Gasteiger partial charge in [-0.25, -0.2) is 9.36 Å². The minimum Gasteiger partial charge on any atom is -0.350 e. The van der Waals surface area contributed by atoms with E-state index in [0.29, 0.717) is 4.57 Å². The number of para-hydroxylation sites is 1. The zero-order valence-corrected chi connectivity index (χ0v) is 18.6. The number of halogens is 3.